The molecule has 0 saturated carbocycles. The fraction of sp³-hybridized carbons (Fsp3) is 0.188. The molecule has 1 N–H and O–H groups in total. The van der Waals surface area contributed by atoms with Crippen LogP contribution in [-0.2, 0) is 4.79 Å². The third kappa shape index (κ3) is 4.18. The first kappa shape index (κ1) is 15.3. The van der Waals surface area contributed by atoms with Gasteiger partial charge >= 0.3 is 0 Å². The number of nitrogens with one attached hydrogen (secondary N) is 1. The Morgan fingerprint density at radius 1 is 1.15 bits per heavy atom. The van der Waals surface area contributed by atoms with Gasteiger partial charge in [0.1, 0.15) is 0 Å². The molecule has 0 fully saturated rings. The summed E-state index contributed by atoms with van der Waals surface area (Å²) in [6.45, 7) is 2.06. The molecule has 0 aliphatic carbocycles. The summed E-state index contributed by atoms with van der Waals surface area (Å²) >= 11 is 6.84. The average Bonchev–Trinajstić information content (AvgIpc) is 2.43. The Hall–Kier alpha value is -1.13. The van der Waals surface area contributed by atoms with E-state index in [-0.39, 0.29) is 11.8 Å². The number of halogens is 2. The summed E-state index contributed by atoms with van der Waals surface area (Å²) in [5.41, 5.74) is 1.96. The van der Waals surface area contributed by atoms with E-state index in [2.05, 4.69) is 44.1 Å². The van der Waals surface area contributed by atoms with Gasteiger partial charge in [0.15, 0.2) is 0 Å². The van der Waals surface area contributed by atoms with Gasteiger partial charge < -0.3 is 5.32 Å². The molecule has 0 bridgehead atoms. The van der Waals surface area contributed by atoms with Crippen LogP contribution in [0.4, 0.5) is 5.69 Å². The quantitative estimate of drug-likeness (QED) is 0.741. The number of rotatable bonds is 4. The lowest BCUT2D eigenvalue weighted by Gasteiger charge is -2.13. The topological polar surface area (TPSA) is 29.1 Å². The Morgan fingerprint density at radius 2 is 1.85 bits per heavy atom. The monoisotopic (exact) mass is 395 g/mol. The minimum absolute atomic E-state index is 0.0140. The van der Waals surface area contributed by atoms with Crippen LogP contribution in [0.15, 0.2) is 57.5 Å². The molecule has 0 aromatic heterocycles. The number of hydrogen-bond acceptors (Lipinski definition) is 1. The molecule has 2 rings (SSSR count). The van der Waals surface area contributed by atoms with E-state index in [0.717, 1.165) is 14.6 Å². The summed E-state index contributed by atoms with van der Waals surface area (Å²) in [5, 5.41) is 2.94. The maximum Gasteiger partial charge on any atom is 0.225 e. The zero-order valence-electron chi connectivity index (χ0n) is 11.1. The molecule has 1 amide bonds. The zero-order chi connectivity index (χ0) is 14.5. The number of hydrogen-bond donors (Lipinski definition) is 1. The minimum atomic E-state index is 0.0140. The standard InChI is InChI=1S/C16H15Br2NO/c1-11(12-5-3-2-4-6-12)9-16(20)19-15-10-13(17)7-8-14(15)18/h2-8,10-11H,9H2,1H3,(H,19,20). The number of amides is 1. The SMILES string of the molecule is CC(CC(=O)Nc1cc(Br)ccc1Br)c1ccccc1. The van der Waals surface area contributed by atoms with Crippen LogP contribution >= 0.6 is 31.9 Å². The van der Waals surface area contributed by atoms with Gasteiger partial charge in [-0.25, -0.2) is 0 Å². The van der Waals surface area contributed by atoms with Gasteiger partial charge in [-0.3, -0.25) is 4.79 Å². The summed E-state index contributed by atoms with van der Waals surface area (Å²) in [7, 11) is 0. The van der Waals surface area contributed by atoms with Crippen molar-refractivity contribution in [3.63, 3.8) is 0 Å². The van der Waals surface area contributed by atoms with Crippen LogP contribution < -0.4 is 5.32 Å². The smallest absolute Gasteiger partial charge is 0.225 e. The lowest BCUT2D eigenvalue weighted by atomic mass is 9.97. The summed E-state index contributed by atoms with van der Waals surface area (Å²) in [6, 6.07) is 15.8. The van der Waals surface area contributed by atoms with E-state index >= 15 is 0 Å². The molecule has 0 aliphatic rings. The van der Waals surface area contributed by atoms with Crippen molar-refractivity contribution in [3.05, 3.63) is 63.0 Å². The van der Waals surface area contributed by atoms with E-state index in [0.29, 0.717) is 6.42 Å². The van der Waals surface area contributed by atoms with Crippen molar-refractivity contribution in [3.8, 4) is 0 Å². The number of anilines is 1. The van der Waals surface area contributed by atoms with Crippen LogP contribution in [0.25, 0.3) is 0 Å². The Balaban J connectivity index is 2.01. The van der Waals surface area contributed by atoms with E-state index in [1.54, 1.807) is 0 Å². The molecule has 2 nitrogen and oxygen atoms in total. The molecule has 1 unspecified atom stereocenters. The molecule has 1 atom stereocenters. The highest BCUT2D eigenvalue weighted by atomic mass is 79.9. The van der Waals surface area contributed by atoms with Gasteiger partial charge in [0.05, 0.1) is 5.69 Å². The first-order valence-electron chi connectivity index (χ1n) is 6.36. The van der Waals surface area contributed by atoms with Crippen molar-refractivity contribution < 1.29 is 4.79 Å². The summed E-state index contributed by atoms with van der Waals surface area (Å²) in [6.07, 6.45) is 0.461. The van der Waals surface area contributed by atoms with Crippen molar-refractivity contribution >= 4 is 43.5 Å². The predicted molar refractivity (Wildman–Crippen MR) is 89.9 cm³/mol. The molecule has 2 aromatic carbocycles. The molecule has 104 valence electrons. The summed E-state index contributed by atoms with van der Waals surface area (Å²) in [5.74, 6) is 0.210. The largest absolute Gasteiger partial charge is 0.325 e. The lowest BCUT2D eigenvalue weighted by Crippen LogP contribution is -2.14. The third-order valence-corrected chi connectivity index (χ3v) is 4.25. The van der Waals surface area contributed by atoms with Gasteiger partial charge in [-0.1, -0.05) is 53.2 Å². The number of carbonyl (C=O) groups excluding carboxylic acids is 1. The Bertz CT molecular complexity index is 599. The van der Waals surface area contributed by atoms with Crippen LogP contribution in [0.3, 0.4) is 0 Å². The molecule has 2 aromatic rings. The van der Waals surface area contributed by atoms with E-state index in [1.165, 1.54) is 5.56 Å². The van der Waals surface area contributed by atoms with Crippen LogP contribution in [0.2, 0.25) is 0 Å². The van der Waals surface area contributed by atoms with Gasteiger partial charge in [-0.05, 0) is 45.6 Å². The number of benzene rings is 2. The average molecular weight is 397 g/mol. The van der Waals surface area contributed by atoms with Crippen molar-refractivity contribution in [2.75, 3.05) is 5.32 Å². The molecule has 0 heterocycles. The number of carbonyl (C=O) groups is 1. The second kappa shape index (κ2) is 7.04. The van der Waals surface area contributed by atoms with E-state index in [9.17, 15) is 4.79 Å². The van der Waals surface area contributed by atoms with Gasteiger partial charge in [-0.15, -0.1) is 0 Å². The van der Waals surface area contributed by atoms with Crippen molar-refractivity contribution in [2.24, 2.45) is 0 Å². The highest BCUT2D eigenvalue weighted by Gasteiger charge is 2.12. The van der Waals surface area contributed by atoms with Gasteiger partial charge in [-0.2, -0.15) is 0 Å². The predicted octanol–water partition coefficient (Wildman–Crippen LogP) is 5.34. The van der Waals surface area contributed by atoms with Gasteiger partial charge in [0.25, 0.3) is 0 Å². The van der Waals surface area contributed by atoms with Crippen LogP contribution in [0.1, 0.15) is 24.8 Å². The summed E-state index contributed by atoms with van der Waals surface area (Å²) < 4.78 is 1.81. The molecular weight excluding hydrogens is 382 g/mol. The van der Waals surface area contributed by atoms with Crippen molar-refractivity contribution in [1.29, 1.82) is 0 Å². The van der Waals surface area contributed by atoms with E-state index in [4.69, 9.17) is 0 Å². The zero-order valence-corrected chi connectivity index (χ0v) is 14.2. The Labute approximate surface area is 135 Å². The molecule has 20 heavy (non-hydrogen) atoms. The van der Waals surface area contributed by atoms with E-state index in [1.807, 2.05) is 48.5 Å². The molecule has 0 aliphatic heterocycles. The minimum Gasteiger partial charge on any atom is -0.325 e. The molecule has 0 saturated heterocycles. The molecule has 0 spiro atoms. The lowest BCUT2D eigenvalue weighted by molar-refractivity contribution is -0.116. The first-order chi connectivity index (χ1) is 9.56. The molecule has 4 heteroatoms. The summed E-state index contributed by atoms with van der Waals surface area (Å²) in [4.78, 5) is 12.1. The van der Waals surface area contributed by atoms with Crippen LogP contribution in [0.5, 0.6) is 0 Å². The second-order valence-electron chi connectivity index (χ2n) is 4.69. The highest BCUT2D eigenvalue weighted by Crippen LogP contribution is 2.27. The maximum absolute atomic E-state index is 12.1. The third-order valence-electron chi connectivity index (χ3n) is 3.06. The van der Waals surface area contributed by atoms with Crippen molar-refractivity contribution in [1.82, 2.24) is 0 Å². The second-order valence-corrected chi connectivity index (χ2v) is 6.46. The first-order valence-corrected chi connectivity index (χ1v) is 7.94. The van der Waals surface area contributed by atoms with Crippen molar-refractivity contribution in [2.45, 2.75) is 19.3 Å². The Kier molecular flexibility index (Phi) is 5.38. The molecular formula is C16H15Br2NO. The highest BCUT2D eigenvalue weighted by molar-refractivity contribution is 9.11. The van der Waals surface area contributed by atoms with Crippen LogP contribution in [-0.4, -0.2) is 5.91 Å². The van der Waals surface area contributed by atoms with E-state index < -0.39 is 0 Å². The van der Waals surface area contributed by atoms with Gasteiger partial charge in [0, 0.05) is 15.4 Å². The molecule has 0 radical (unpaired) electrons. The maximum atomic E-state index is 12.1. The van der Waals surface area contributed by atoms with Gasteiger partial charge in [0.2, 0.25) is 5.91 Å². The fourth-order valence-corrected chi connectivity index (χ4v) is 2.68. The normalized spacial score (nSPS) is 11.9. The van der Waals surface area contributed by atoms with Crippen LogP contribution in [0, 0.1) is 0 Å². The Morgan fingerprint density at radius 3 is 2.55 bits per heavy atom. The fourth-order valence-electron chi connectivity index (χ4n) is 1.97.